The van der Waals surface area contributed by atoms with Crippen LogP contribution in [0, 0.1) is 13.8 Å². The Bertz CT molecular complexity index is 1120. The van der Waals surface area contributed by atoms with E-state index in [0.717, 1.165) is 35.6 Å². The van der Waals surface area contributed by atoms with Crippen molar-refractivity contribution in [3.05, 3.63) is 73.4 Å². The number of hydrogen-bond donors (Lipinski definition) is 1. The van der Waals surface area contributed by atoms with Gasteiger partial charge in [-0.25, -0.2) is 4.98 Å². The number of aryl methyl sites for hydroxylation is 2. The zero-order valence-corrected chi connectivity index (χ0v) is 18.7. The molecule has 0 aliphatic heterocycles. The molecule has 1 aromatic carbocycles. The fourth-order valence-corrected chi connectivity index (χ4v) is 4.28. The molecule has 3 rings (SSSR count). The highest BCUT2D eigenvalue weighted by molar-refractivity contribution is 7.99. The number of nitrogens with one attached hydrogen (secondary N) is 1. The van der Waals surface area contributed by atoms with Crippen LogP contribution in [0.15, 0.2) is 40.3 Å². The van der Waals surface area contributed by atoms with Gasteiger partial charge in [0.1, 0.15) is 0 Å². The summed E-state index contributed by atoms with van der Waals surface area (Å²) in [6.45, 7) is 5.87. The summed E-state index contributed by atoms with van der Waals surface area (Å²) in [4.78, 5) is 31.8. The van der Waals surface area contributed by atoms with Gasteiger partial charge in [-0.2, -0.15) is 0 Å². The Labute approximate surface area is 183 Å². The highest BCUT2D eigenvalue weighted by Gasteiger charge is 2.18. The smallest absolute Gasteiger partial charge is 0.251 e. The lowest BCUT2D eigenvalue weighted by atomic mass is 10.2. The van der Waals surface area contributed by atoms with Crippen LogP contribution in [0.3, 0.4) is 0 Å². The van der Waals surface area contributed by atoms with E-state index in [1.807, 2.05) is 37.5 Å². The first-order chi connectivity index (χ1) is 13.8. The molecule has 2 aromatic heterocycles. The van der Waals surface area contributed by atoms with Gasteiger partial charge in [0.25, 0.3) is 5.56 Å². The molecule has 0 fully saturated rings. The molecule has 29 heavy (non-hydrogen) atoms. The lowest BCUT2D eigenvalue weighted by molar-refractivity contribution is 0.102. The van der Waals surface area contributed by atoms with E-state index in [2.05, 4.69) is 9.97 Å². The Morgan fingerprint density at radius 2 is 1.93 bits per heavy atom. The topological polar surface area (TPSA) is 67.8 Å². The molecule has 0 bridgehead atoms. The zero-order valence-electron chi connectivity index (χ0n) is 16.4. The van der Waals surface area contributed by atoms with Crippen LogP contribution in [0.25, 0.3) is 5.69 Å². The van der Waals surface area contributed by atoms with E-state index in [-0.39, 0.29) is 17.1 Å². The molecule has 0 spiro atoms. The first-order valence-corrected chi connectivity index (χ1v) is 10.9. The van der Waals surface area contributed by atoms with Crippen LogP contribution in [0.4, 0.5) is 0 Å². The van der Waals surface area contributed by atoms with E-state index < -0.39 is 0 Å². The summed E-state index contributed by atoms with van der Waals surface area (Å²) in [6, 6.07) is 8.75. The van der Waals surface area contributed by atoms with Crippen LogP contribution >= 0.6 is 35.0 Å². The minimum absolute atomic E-state index is 0.0297. The van der Waals surface area contributed by atoms with Crippen molar-refractivity contribution in [2.75, 3.05) is 5.75 Å². The fraction of sp³-hybridized carbons (Fsp3) is 0.286. The van der Waals surface area contributed by atoms with Gasteiger partial charge >= 0.3 is 0 Å². The summed E-state index contributed by atoms with van der Waals surface area (Å²) in [5.74, 6) is 0.155. The molecule has 152 valence electrons. The van der Waals surface area contributed by atoms with E-state index >= 15 is 0 Å². The van der Waals surface area contributed by atoms with Crippen LogP contribution in [0.5, 0.6) is 0 Å². The summed E-state index contributed by atoms with van der Waals surface area (Å²) >= 11 is 13.4. The van der Waals surface area contributed by atoms with Gasteiger partial charge in [-0.05, 0) is 44.5 Å². The second-order valence-corrected chi connectivity index (χ2v) is 8.50. The molecule has 8 heteroatoms. The number of halogens is 2. The Kier molecular flexibility index (Phi) is 6.88. The van der Waals surface area contributed by atoms with Crippen molar-refractivity contribution in [2.24, 2.45) is 0 Å². The molecule has 5 nitrogen and oxygen atoms in total. The molecule has 0 saturated carbocycles. The van der Waals surface area contributed by atoms with Crippen molar-refractivity contribution >= 4 is 40.7 Å². The summed E-state index contributed by atoms with van der Waals surface area (Å²) < 4.78 is 1.97. The first kappa shape index (κ1) is 21.7. The van der Waals surface area contributed by atoms with E-state index in [0.29, 0.717) is 20.8 Å². The normalized spacial score (nSPS) is 11.1. The van der Waals surface area contributed by atoms with E-state index in [1.165, 1.54) is 17.8 Å². The minimum Gasteiger partial charge on any atom is -0.318 e. The number of aromatic amines is 1. The van der Waals surface area contributed by atoms with Crippen LogP contribution in [-0.4, -0.2) is 26.1 Å². The number of rotatable bonds is 7. The number of Topliss-reactive ketones (excluding diaryl/α,β-unsaturated/α-hetero) is 1. The fourth-order valence-electron chi connectivity index (χ4n) is 3.21. The Hall–Kier alpha value is -2.02. The molecule has 0 saturated heterocycles. The molecule has 2 heterocycles. The second-order valence-electron chi connectivity index (χ2n) is 6.72. The SMILES string of the molecule is CCCc1cc(=O)[nH]c(SCC(=O)c2cc(C)n(-c3ccc(Cl)c(Cl)c3)c2C)n1. The van der Waals surface area contributed by atoms with Gasteiger partial charge in [-0.15, -0.1) is 0 Å². The van der Waals surface area contributed by atoms with Crippen molar-refractivity contribution < 1.29 is 4.79 Å². The van der Waals surface area contributed by atoms with Crippen LogP contribution in [-0.2, 0) is 6.42 Å². The number of aromatic nitrogens is 3. The molecular formula is C21H21Cl2N3O2S. The van der Waals surface area contributed by atoms with Crippen molar-refractivity contribution in [1.82, 2.24) is 14.5 Å². The van der Waals surface area contributed by atoms with Gasteiger partial charge in [0.15, 0.2) is 10.9 Å². The number of hydrogen-bond acceptors (Lipinski definition) is 4. The van der Waals surface area contributed by atoms with E-state index in [1.54, 1.807) is 12.1 Å². The highest BCUT2D eigenvalue weighted by atomic mass is 35.5. The van der Waals surface area contributed by atoms with Crippen molar-refractivity contribution in [1.29, 1.82) is 0 Å². The Morgan fingerprint density at radius 3 is 2.62 bits per heavy atom. The van der Waals surface area contributed by atoms with Crippen molar-refractivity contribution in [3.63, 3.8) is 0 Å². The number of carbonyl (C=O) groups excluding carboxylic acids is 1. The predicted octanol–water partition coefficient (Wildman–Crippen LogP) is 5.41. The molecular weight excluding hydrogens is 429 g/mol. The summed E-state index contributed by atoms with van der Waals surface area (Å²) in [7, 11) is 0. The second kappa shape index (κ2) is 9.20. The number of nitrogens with zero attached hydrogens (tertiary/aromatic N) is 2. The number of H-pyrrole nitrogens is 1. The van der Waals surface area contributed by atoms with Gasteiger partial charge in [0.2, 0.25) is 0 Å². The summed E-state index contributed by atoms with van der Waals surface area (Å²) in [6.07, 6.45) is 1.64. The predicted molar refractivity (Wildman–Crippen MR) is 119 cm³/mol. The van der Waals surface area contributed by atoms with Crippen LogP contribution in [0.1, 0.15) is 40.8 Å². The monoisotopic (exact) mass is 449 g/mol. The zero-order chi connectivity index (χ0) is 21.1. The maximum atomic E-state index is 12.9. The number of thioether (sulfide) groups is 1. The summed E-state index contributed by atoms with van der Waals surface area (Å²) in [5, 5.41) is 1.41. The highest BCUT2D eigenvalue weighted by Crippen LogP contribution is 2.28. The van der Waals surface area contributed by atoms with Gasteiger partial charge in [-0.3, -0.25) is 9.59 Å². The third kappa shape index (κ3) is 4.94. The van der Waals surface area contributed by atoms with Crippen LogP contribution < -0.4 is 5.56 Å². The summed E-state index contributed by atoms with van der Waals surface area (Å²) in [5.41, 5.74) is 3.77. The average molecular weight is 450 g/mol. The standard InChI is InChI=1S/C21H21Cl2N3O2S/c1-4-5-14-9-20(28)25-21(24-14)29-11-19(27)16-8-12(2)26(13(16)3)15-6-7-17(22)18(23)10-15/h6-10H,4-5,11H2,1-3H3,(H,24,25,28). The third-order valence-corrected chi connectivity index (χ3v) is 6.12. The number of benzene rings is 1. The number of ketones is 1. The Morgan fingerprint density at radius 1 is 1.17 bits per heavy atom. The lowest BCUT2D eigenvalue weighted by Gasteiger charge is -2.11. The molecule has 0 amide bonds. The molecule has 0 atom stereocenters. The lowest BCUT2D eigenvalue weighted by Crippen LogP contribution is -2.11. The van der Waals surface area contributed by atoms with Gasteiger partial charge in [0, 0.05) is 34.4 Å². The minimum atomic E-state index is -0.198. The molecule has 3 aromatic rings. The van der Waals surface area contributed by atoms with E-state index in [4.69, 9.17) is 23.2 Å². The first-order valence-electron chi connectivity index (χ1n) is 9.20. The molecule has 0 unspecified atom stereocenters. The average Bonchev–Trinajstić information content (AvgIpc) is 2.96. The molecule has 0 aliphatic carbocycles. The van der Waals surface area contributed by atoms with Gasteiger partial charge < -0.3 is 9.55 Å². The third-order valence-electron chi connectivity index (χ3n) is 4.51. The van der Waals surface area contributed by atoms with Crippen LogP contribution in [0.2, 0.25) is 10.0 Å². The van der Waals surface area contributed by atoms with E-state index in [9.17, 15) is 9.59 Å². The molecule has 0 aliphatic rings. The quantitative estimate of drug-likeness (QED) is 0.297. The molecule has 1 N–H and O–H groups in total. The maximum Gasteiger partial charge on any atom is 0.251 e. The van der Waals surface area contributed by atoms with Crippen molar-refractivity contribution in [3.8, 4) is 5.69 Å². The van der Waals surface area contributed by atoms with Crippen molar-refractivity contribution in [2.45, 2.75) is 38.8 Å². The number of carbonyl (C=O) groups is 1. The van der Waals surface area contributed by atoms with Gasteiger partial charge in [-0.1, -0.05) is 48.3 Å². The maximum absolute atomic E-state index is 12.9. The van der Waals surface area contributed by atoms with Gasteiger partial charge in [0.05, 0.1) is 15.8 Å². The molecule has 0 radical (unpaired) electrons. The Balaban J connectivity index is 1.82. The largest absolute Gasteiger partial charge is 0.318 e.